The van der Waals surface area contributed by atoms with Gasteiger partial charge in [0, 0.05) is 20.1 Å². The molecule has 0 aliphatic carbocycles. The predicted octanol–water partition coefficient (Wildman–Crippen LogP) is 0.474. The molecule has 1 rings (SSSR count). The van der Waals surface area contributed by atoms with Crippen molar-refractivity contribution in [1.29, 1.82) is 0 Å². The van der Waals surface area contributed by atoms with Crippen molar-refractivity contribution in [2.75, 3.05) is 26.1 Å². The Morgan fingerprint density at radius 2 is 2.23 bits per heavy atom. The Balaban J connectivity index is 2.28. The number of hydrogen-bond donors (Lipinski definition) is 1. The second-order valence-corrected chi connectivity index (χ2v) is 2.48. The third-order valence-electron chi connectivity index (χ3n) is 1.37. The lowest BCUT2D eigenvalue weighted by Gasteiger charge is -2.03. The molecular weight excluding hydrogens is 170 g/mol. The average molecular weight is 183 g/mol. The monoisotopic (exact) mass is 183 g/mol. The largest absolute Gasteiger partial charge is 0.476 e. The Kier molecular flexibility index (Phi) is 3.98. The van der Waals surface area contributed by atoms with Gasteiger partial charge in [0.1, 0.15) is 5.82 Å². The average Bonchev–Trinajstić information content (AvgIpc) is 2.13. The van der Waals surface area contributed by atoms with Gasteiger partial charge in [-0.3, -0.25) is 4.98 Å². The zero-order valence-corrected chi connectivity index (χ0v) is 7.56. The lowest BCUT2D eigenvalue weighted by atomic mass is 10.5. The van der Waals surface area contributed by atoms with Crippen LogP contribution in [0, 0.1) is 0 Å². The number of nitrogens with zero attached hydrogens (tertiary/aromatic N) is 2. The molecule has 13 heavy (non-hydrogen) atoms. The topological polar surface area (TPSA) is 70.3 Å². The van der Waals surface area contributed by atoms with Gasteiger partial charge in [0.2, 0.25) is 5.88 Å². The maximum Gasteiger partial charge on any atom is 0.234 e. The van der Waals surface area contributed by atoms with E-state index in [0.717, 1.165) is 6.42 Å². The summed E-state index contributed by atoms with van der Waals surface area (Å²) in [6.45, 7) is 1.24. The van der Waals surface area contributed by atoms with Crippen molar-refractivity contribution in [3.8, 4) is 5.88 Å². The normalized spacial score (nSPS) is 9.92. The number of nitrogens with two attached hydrogens (primary N) is 1. The predicted molar refractivity (Wildman–Crippen MR) is 48.4 cm³/mol. The first-order chi connectivity index (χ1) is 6.33. The van der Waals surface area contributed by atoms with Gasteiger partial charge >= 0.3 is 0 Å². The number of hydrogen-bond acceptors (Lipinski definition) is 5. The fourth-order valence-corrected chi connectivity index (χ4v) is 0.812. The van der Waals surface area contributed by atoms with Crippen LogP contribution in [-0.2, 0) is 4.74 Å². The molecule has 0 fully saturated rings. The summed E-state index contributed by atoms with van der Waals surface area (Å²) in [6, 6.07) is 0. The SMILES string of the molecule is COCCCOc1cncc(N)n1. The number of rotatable bonds is 5. The van der Waals surface area contributed by atoms with E-state index < -0.39 is 0 Å². The molecule has 2 N–H and O–H groups in total. The second kappa shape index (κ2) is 5.31. The first-order valence-corrected chi connectivity index (χ1v) is 4.02. The van der Waals surface area contributed by atoms with Gasteiger partial charge in [-0.1, -0.05) is 0 Å². The van der Waals surface area contributed by atoms with Gasteiger partial charge in [-0.05, 0) is 0 Å². The van der Waals surface area contributed by atoms with E-state index in [1.165, 1.54) is 12.4 Å². The van der Waals surface area contributed by atoms with Crippen LogP contribution in [0.15, 0.2) is 12.4 Å². The van der Waals surface area contributed by atoms with Crippen molar-refractivity contribution in [1.82, 2.24) is 9.97 Å². The molecule has 0 spiro atoms. The highest BCUT2D eigenvalue weighted by atomic mass is 16.5. The fraction of sp³-hybridized carbons (Fsp3) is 0.500. The van der Waals surface area contributed by atoms with Crippen LogP contribution in [-0.4, -0.2) is 30.3 Å². The Morgan fingerprint density at radius 1 is 1.38 bits per heavy atom. The number of anilines is 1. The first kappa shape index (κ1) is 9.73. The van der Waals surface area contributed by atoms with E-state index in [9.17, 15) is 0 Å². The Bertz CT molecular complexity index is 255. The zero-order chi connectivity index (χ0) is 9.52. The van der Waals surface area contributed by atoms with Crippen LogP contribution < -0.4 is 10.5 Å². The molecule has 1 aromatic rings. The van der Waals surface area contributed by atoms with E-state index in [4.69, 9.17) is 15.2 Å². The summed E-state index contributed by atoms with van der Waals surface area (Å²) >= 11 is 0. The Morgan fingerprint density at radius 3 is 2.92 bits per heavy atom. The summed E-state index contributed by atoms with van der Waals surface area (Å²) in [6.07, 6.45) is 3.83. The van der Waals surface area contributed by atoms with Crippen molar-refractivity contribution in [2.24, 2.45) is 0 Å². The molecule has 5 heteroatoms. The van der Waals surface area contributed by atoms with E-state index in [-0.39, 0.29) is 0 Å². The summed E-state index contributed by atoms with van der Waals surface area (Å²) < 4.78 is 10.1. The summed E-state index contributed by atoms with van der Waals surface area (Å²) in [4.78, 5) is 7.76. The van der Waals surface area contributed by atoms with Crippen LogP contribution in [0.2, 0.25) is 0 Å². The quantitative estimate of drug-likeness (QED) is 0.672. The van der Waals surface area contributed by atoms with Crippen LogP contribution >= 0.6 is 0 Å². The fourth-order valence-electron chi connectivity index (χ4n) is 0.812. The van der Waals surface area contributed by atoms with Crippen molar-refractivity contribution >= 4 is 5.82 Å². The minimum absolute atomic E-state index is 0.365. The van der Waals surface area contributed by atoms with Gasteiger partial charge in [-0.2, -0.15) is 4.98 Å². The minimum Gasteiger partial charge on any atom is -0.476 e. The van der Waals surface area contributed by atoms with Gasteiger partial charge in [-0.15, -0.1) is 0 Å². The number of nitrogen functional groups attached to an aromatic ring is 1. The highest BCUT2D eigenvalue weighted by Gasteiger charge is 1.95. The van der Waals surface area contributed by atoms with Crippen LogP contribution in [0.3, 0.4) is 0 Å². The maximum atomic E-state index is 5.41. The lowest BCUT2D eigenvalue weighted by Crippen LogP contribution is -2.03. The van der Waals surface area contributed by atoms with E-state index >= 15 is 0 Å². The third kappa shape index (κ3) is 3.71. The van der Waals surface area contributed by atoms with Gasteiger partial charge in [-0.25, -0.2) is 0 Å². The third-order valence-corrected chi connectivity index (χ3v) is 1.37. The van der Waals surface area contributed by atoms with Crippen molar-refractivity contribution in [3.63, 3.8) is 0 Å². The molecule has 5 nitrogen and oxygen atoms in total. The Labute approximate surface area is 76.9 Å². The first-order valence-electron chi connectivity index (χ1n) is 4.02. The summed E-state index contributed by atoms with van der Waals surface area (Å²) in [5.74, 6) is 0.820. The maximum absolute atomic E-state index is 5.41. The molecule has 0 radical (unpaired) electrons. The van der Waals surface area contributed by atoms with Crippen LogP contribution in [0.1, 0.15) is 6.42 Å². The molecule has 1 aromatic heterocycles. The molecule has 0 saturated heterocycles. The molecule has 0 bridgehead atoms. The molecule has 72 valence electrons. The second-order valence-electron chi connectivity index (χ2n) is 2.48. The molecular formula is C8H13N3O2. The van der Waals surface area contributed by atoms with E-state index in [1.54, 1.807) is 7.11 Å². The summed E-state index contributed by atoms with van der Waals surface area (Å²) in [5, 5.41) is 0. The highest BCUT2D eigenvalue weighted by Crippen LogP contribution is 2.05. The molecule has 0 aliphatic rings. The van der Waals surface area contributed by atoms with Crippen molar-refractivity contribution < 1.29 is 9.47 Å². The standard InChI is InChI=1S/C8H13N3O2/c1-12-3-2-4-13-8-6-10-5-7(9)11-8/h5-6H,2-4H2,1H3,(H2,9,11). The molecule has 0 unspecified atom stereocenters. The smallest absolute Gasteiger partial charge is 0.234 e. The number of aromatic nitrogens is 2. The summed E-state index contributed by atoms with van der Waals surface area (Å²) in [5.41, 5.74) is 5.41. The molecule has 0 saturated carbocycles. The molecule has 0 atom stereocenters. The van der Waals surface area contributed by atoms with E-state index in [2.05, 4.69) is 9.97 Å². The molecule has 0 amide bonds. The van der Waals surface area contributed by atoms with E-state index in [0.29, 0.717) is 24.9 Å². The number of ether oxygens (including phenoxy) is 2. The van der Waals surface area contributed by atoms with Crippen molar-refractivity contribution in [3.05, 3.63) is 12.4 Å². The minimum atomic E-state index is 0.365. The Hall–Kier alpha value is -1.36. The summed E-state index contributed by atoms with van der Waals surface area (Å²) in [7, 11) is 1.65. The van der Waals surface area contributed by atoms with Crippen LogP contribution in [0.25, 0.3) is 0 Å². The highest BCUT2D eigenvalue weighted by molar-refractivity contribution is 5.25. The van der Waals surface area contributed by atoms with Crippen LogP contribution in [0.5, 0.6) is 5.88 Å². The molecule has 0 aliphatic heterocycles. The van der Waals surface area contributed by atoms with E-state index in [1.807, 2.05) is 0 Å². The van der Waals surface area contributed by atoms with Gasteiger partial charge in [0.15, 0.2) is 0 Å². The molecule has 0 aromatic carbocycles. The van der Waals surface area contributed by atoms with Crippen LogP contribution in [0.4, 0.5) is 5.82 Å². The zero-order valence-electron chi connectivity index (χ0n) is 7.56. The van der Waals surface area contributed by atoms with Crippen molar-refractivity contribution in [2.45, 2.75) is 6.42 Å². The van der Waals surface area contributed by atoms with Gasteiger partial charge in [0.25, 0.3) is 0 Å². The molecule has 1 heterocycles. The lowest BCUT2D eigenvalue weighted by molar-refractivity contribution is 0.170. The number of methoxy groups -OCH3 is 1. The van der Waals surface area contributed by atoms with Gasteiger partial charge in [0.05, 0.1) is 19.0 Å². The van der Waals surface area contributed by atoms with Gasteiger partial charge < -0.3 is 15.2 Å².